The SMILES string of the molecule is Cc1scc(CNC2CC2)c1C(C)C. The van der Waals surface area contributed by atoms with Gasteiger partial charge in [-0.2, -0.15) is 0 Å². The standard InChI is InChI=1S/C12H19NS/c1-8(2)12-9(3)14-7-10(12)6-13-11-4-5-11/h7-8,11,13H,4-6H2,1-3H3. The first-order valence-electron chi connectivity index (χ1n) is 5.48. The van der Waals surface area contributed by atoms with Crippen molar-refractivity contribution >= 4 is 11.3 Å². The molecule has 1 fully saturated rings. The van der Waals surface area contributed by atoms with Crippen LogP contribution in [0.15, 0.2) is 5.38 Å². The Morgan fingerprint density at radius 1 is 1.50 bits per heavy atom. The zero-order valence-corrected chi connectivity index (χ0v) is 10.1. The molecule has 14 heavy (non-hydrogen) atoms. The Morgan fingerprint density at radius 3 is 2.79 bits per heavy atom. The highest BCUT2D eigenvalue weighted by Gasteiger charge is 2.21. The van der Waals surface area contributed by atoms with E-state index in [-0.39, 0.29) is 0 Å². The van der Waals surface area contributed by atoms with Gasteiger partial charge < -0.3 is 5.32 Å². The van der Waals surface area contributed by atoms with Crippen LogP contribution in [0.5, 0.6) is 0 Å². The molecular weight excluding hydrogens is 190 g/mol. The van der Waals surface area contributed by atoms with Crippen molar-refractivity contribution in [3.05, 3.63) is 21.4 Å². The average Bonchev–Trinajstić information content (AvgIpc) is 2.86. The fourth-order valence-electron chi connectivity index (χ4n) is 1.97. The molecule has 0 radical (unpaired) electrons. The van der Waals surface area contributed by atoms with E-state index in [1.165, 1.54) is 23.3 Å². The van der Waals surface area contributed by atoms with Crippen LogP contribution in [0.2, 0.25) is 0 Å². The second kappa shape index (κ2) is 4.03. The number of hydrogen-bond acceptors (Lipinski definition) is 2. The van der Waals surface area contributed by atoms with Crippen LogP contribution in [-0.2, 0) is 6.54 Å². The molecular formula is C12H19NS. The Kier molecular flexibility index (Phi) is 2.93. The molecule has 0 bridgehead atoms. The summed E-state index contributed by atoms with van der Waals surface area (Å²) in [6, 6.07) is 0.815. The van der Waals surface area contributed by atoms with E-state index < -0.39 is 0 Å². The molecule has 0 aliphatic heterocycles. The Hall–Kier alpha value is -0.340. The average molecular weight is 209 g/mol. The zero-order valence-electron chi connectivity index (χ0n) is 9.26. The monoisotopic (exact) mass is 209 g/mol. The topological polar surface area (TPSA) is 12.0 Å². The molecule has 1 N–H and O–H groups in total. The molecule has 1 nitrogen and oxygen atoms in total. The summed E-state index contributed by atoms with van der Waals surface area (Å²) in [7, 11) is 0. The van der Waals surface area contributed by atoms with E-state index in [0.29, 0.717) is 5.92 Å². The number of thiophene rings is 1. The van der Waals surface area contributed by atoms with E-state index in [1.807, 2.05) is 11.3 Å². The van der Waals surface area contributed by atoms with Gasteiger partial charge in [0.25, 0.3) is 0 Å². The summed E-state index contributed by atoms with van der Waals surface area (Å²) in [5, 5.41) is 5.91. The first-order valence-corrected chi connectivity index (χ1v) is 6.36. The molecule has 1 heterocycles. The van der Waals surface area contributed by atoms with Gasteiger partial charge in [-0.15, -0.1) is 11.3 Å². The first kappa shape index (κ1) is 10.2. The van der Waals surface area contributed by atoms with Crippen LogP contribution in [0.4, 0.5) is 0 Å². The molecule has 1 aliphatic carbocycles. The number of hydrogen-bond donors (Lipinski definition) is 1. The molecule has 1 aromatic rings. The van der Waals surface area contributed by atoms with Crippen molar-refractivity contribution < 1.29 is 0 Å². The van der Waals surface area contributed by atoms with Gasteiger partial charge in [-0.25, -0.2) is 0 Å². The maximum atomic E-state index is 3.59. The molecule has 78 valence electrons. The summed E-state index contributed by atoms with van der Waals surface area (Å²) < 4.78 is 0. The van der Waals surface area contributed by atoms with Crippen molar-refractivity contribution in [2.75, 3.05) is 0 Å². The molecule has 0 saturated heterocycles. The van der Waals surface area contributed by atoms with Gasteiger partial charge in [0.15, 0.2) is 0 Å². The Morgan fingerprint density at radius 2 is 2.21 bits per heavy atom. The van der Waals surface area contributed by atoms with Gasteiger partial charge in [0.1, 0.15) is 0 Å². The predicted octanol–water partition coefficient (Wildman–Crippen LogP) is 3.43. The minimum atomic E-state index is 0.664. The fourth-order valence-corrected chi connectivity index (χ4v) is 2.99. The lowest BCUT2D eigenvalue weighted by Crippen LogP contribution is -2.16. The van der Waals surface area contributed by atoms with Crippen LogP contribution in [0.1, 0.15) is 48.6 Å². The summed E-state index contributed by atoms with van der Waals surface area (Å²) in [5.74, 6) is 0.664. The second-order valence-electron chi connectivity index (χ2n) is 4.54. The molecule has 0 unspecified atom stereocenters. The van der Waals surface area contributed by atoms with E-state index in [0.717, 1.165) is 12.6 Å². The highest BCUT2D eigenvalue weighted by atomic mass is 32.1. The number of nitrogens with one attached hydrogen (secondary N) is 1. The highest BCUT2D eigenvalue weighted by Crippen LogP contribution is 2.29. The van der Waals surface area contributed by atoms with E-state index in [4.69, 9.17) is 0 Å². The molecule has 1 aromatic heterocycles. The lowest BCUT2D eigenvalue weighted by Gasteiger charge is -2.09. The second-order valence-corrected chi connectivity index (χ2v) is 5.62. The quantitative estimate of drug-likeness (QED) is 0.801. The minimum absolute atomic E-state index is 0.664. The van der Waals surface area contributed by atoms with Crippen molar-refractivity contribution in [1.29, 1.82) is 0 Å². The normalized spacial score (nSPS) is 16.6. The molecule has 1 saturated carbocycles. The van der Waals surface area contributed by atoms with Gasteiger partial charge in [0.2, 0.25) is 0 Å². The molecule has 2 rings (SSSR count). The van der Waals surface area contributed by atoms with E-state index in [1.54, 1.807) is 5.56 Å². The largest absolute Gasteiger partial charge is 0.310 e. The van der Waals surface area contributed by atoms with Crippen LogP contribution in [0, 0.1) is 6.92 Å². The molecule has 0 spiro atoms. The van der Waals surface area contributed by atoms with Crippen molar-refractivity contribution in [3.63, 3.8) is 0 Å². The van der Waals surface area contributed by atoms with Crippen molar-refractivity contribution in [2.24, 2.45) is 0 Å². The predicted molar refractivity (Wildman–Crippen MR) is 63.0 cm³/mol. The number of aryl methyl sites for hydroxylation is 1. The van der Waals surface area contributed by atoms with Crippen LogP contribution < -0.4 is 5.32 Å². The van der Waals surface area contributed by atoms with E-state index in [9.17, 15) is 0 Å². The van der Waals surface area contributed by atoms with Gasteiger partial charge >= 0.3 is 0 Å². The zero-order chi connectivity index (χ0) is 10.1. The van der Waals surface area contributed by atoms with Crippen molar-refractivity contribution in [1.82, 2.24) is 5.32 Å². The molecule has 2 heteroatoms. The molecule has 1 aliphatic rings. The van der Waals surface area contributed by atoms with Crippen LogP contribution >= 0.6 is 11.3 Å². The summed E-state index contributed by atoms with van der Waals surface area (Å²) in [4.78, 5) is 1.49. The minimum Gasteiger partial charge on any atom is -0.310 e. The van der Waals surface area contributed by atoms with Gasteiger partial charge in [0, 0.05) is 17.5 Å². The van der Waals surface area contributed by atoms with Crippen LogP contribution in [0.3, 0.4) is 0 Å². The van der Waals surface area contributed by atoms with Gasteiger partial charge in [-0.3, -0.25) is 0 Å². The van der Waals surface area contributed by atoms with E-state index in [2.05, 4.69) is 31.5 Å². The summed E-state index contributed by atoms with van der Waals surface area (Å²) in [6.45, 7) is 7.88. The third kappa shape index (κ3) is 2.18. The maximum absolute atomic E-state index is 3.59. The third-order valence-corrected chi connectivity index (χ3v) is 3.81. The third-order valence-electron chi connectivity index (χ3n) is 2.84. The summed E-state index contributed by atoms with van der Waals surface area (Å²) in [6.07, 6.45) is 2.75. The van der Waals surface area contributed by atoms with Gasteiger partial charge in [-0.1, -0.05) is 13.8 Å². The molecule has 0 aromatic carbocycles. The van der Waals surface area contributed by atoms with Crippen LogP contribution in [-0.4, -0.2) is 6.04 Å². The Labute approximate surface area is 90.5 Å². The fraction of sp³-hybridized carbons (Fsp3) is 0.667. The van der Waals surface area contributed by atoms with Gasteiger partial charge in [-0.05, 0) is 42.2 Å². The first-order chi connectivity index (χ1) is 6.68. The molecule has 0 atom stereocenters. The van der Waals surface area contributed by atoms with Crippen LogP contribution in [0.25, 0.3) is 0 Å². The Bertz CT molecular complexity index is 310. The smallest absolute Gasteiger partial charge is 0.0219 e. The Balaban J connectivity index is 2.06. The van der Waals surface area contributed by atoms with Gasteiger partial charge in [0.05, 0.1) is 0 Å². The lowest BCUT2D eigenvalue weighted by molar-refractivity contribution is 0.678. The molecule has 0 amide bonds. The summed E-state index contributed by atoms with van der Waals surface area (Å²) in [5.41, 5.74) is 3.09. The summed E-state index contributed by atoms with van der Waals surface area (Å²) >= 11 is 1.89. The van der Waals surface area contributed by atoms with E-state index >= 15 is 0 Å². The van der Waals surface area contributed by atoms with Crippen molar-refractivity contribution in [2.45, 2.75) is 52.1 Å². The highest BCUT2D eigenvalue weighted by molar-refractivity contribution is 7.10. The number of rotatable bonds is 4. The maximum Gasteiger partial charge on any atom is 0.0219 e. The lowest BCUT2D eigenvalue weighted by atomic mass is 9.99. The van der Waals surface area contributed by atoms with Crippen molar-refractivity contribution in [3.8, 4) is 0 Å².